The van der Waals surface area contributed by atoms with E-state index >= 15 is 0 Å². The largest absolute Gasteiger partial charge is 0.329 e. The molecule has 3 nitrogen and oxygen atoms in total. The van der Waals surface area contributed by atoms with Gasteiger partial charge in [-0.2, -0.15) is 0 Å². The number of nitrogens with zero attached hydrogens (tertiary/aromatic N) is 2. The average molecular weight is 275 g/mol. The number of piperazine rings is 1. The summed E-state index contributed by atoms with van der Waals surface area (Å²) in [6, 6.07) is 5.01. The zero-order valence-corrected chi connectivity index (χ0v) is 13.4. The van der Waals surface area contributed by atoms with E-state index in [1.165, 1.54) is 22.3 Å². The van der Waals surface area contributed by atoms with Crippen LogP contribution in [-0.4, -0.2) is 49.1 Å². The fraction of sp³-hybridized carbons (Fsp3) is 0.647. The third-order valence-electron chi connectivity index (χ3n) is 4.76. The highest BCUT2D eigenvalue weighted by molar-refractivity contribution is 5.38. The predicted octanol–water partition coefficient (Wildman–Crippen LogP) is 2.25. The van der Waals surface area contributed by atoms with Gasteiger partial charge in [0.15, 0.2) is 0 Å². The van der Waals surface area contributed by atoms with Gasteiger partial charge in [-0.05, 0) is 49.6 Å². The summed E-state index contributed by atoms with van der Waals surface area (Å²) in [4.78, 5) is 5.07. The second-order valence-electron chi connectivity index (χ2n) is 6.01. The van der Waals surface area contributed by atoms with Crippen LogP contribution in [0.3, 0.4) is 0 Å². The van der Waals surface area contributed by atoms with Crippen molar-refractivity contribution < 1.29 is 0 Å². The molecule has 1 heterocycles. The van der Waals surface area contributed by atoms with Crippen LogP contribution >= 0.6 is 0 Å². The van der Waals surface area contributed by atoms with E-state index in [0.29, 0.717) is 12.6 Å². The number of nitrogens with two attached hydrogens (primary N) is 1. The molecule has 0 saturated carbocycles. The lowest BCUT2D eigenvalue weighted by atomic mass is 9.94. The first-order chi connectivity index (χ1) is 9.56. The summed E-state index contributed by atoms with van der Waals surface area (Å²) < 4.78 is 0. The first-order valence-electron chi connectivity index (χ1n) is 7.81. The molecule has 1 aliphatic rings. The fourth-order valence-electron chi connectivity index (χ4n) is 3.21. The summed E-state index contributed by atoms with van der Waals surface area (Å²) in [5.41, 5.74) is 11.6. The van der Waals surface area contributed by atoms with E-state index in [0.717, 1.165) is 32.7 Å². The lowest BCUT2D eigenvalue weighted by Crippen LogP contribution is -2.48. The Morgan fingerprint density at radius 2 is 1.60 bits per heavy atom. The van der Waals surface area contributed by atoms with Crippen LogP contribution in [0.5, 0.6) is 0 Å². The minimum atomic E-state index is 0.369. The topological polar surface area (TPSA) is 32.5 Å². The van der Waals surface area contributed by atoms with Gasteiger partial charge in [0.25, 0.3) is 0 Å². The Morgan fingerprint density at radius 1 is 1.00 bits per heavy atom. The van der Waals surface area contributed by atoms with Crippen LogP contribution in [0.2, 0.25) is 0 Å². The van der Waals surface area contributed by atoms with Crippen molar-refractivity contribution >= 4 is 0 Å². The van der Waals surface area contributed by atoms with Crippen molar-refractivity contribution in [2.45, 2.75) is 33.7 Å². The Kier molecular flexibility index (Phi) is 5.19. The summed E-state index contributed by atoms with van der Waals surface area (Å²) in [5.74, 6) is 0. The van der Waals surface area contributed by atoms with E-state index in [9.17, 15) is 0 Å². The second-order valence-corrected chi connectivity index (χ2v) is 6.01. The molecule has 112 valence electrons. The number of rotatable bonds is 4. The van der Waals surface area contributed by atoms with Gasteiger partial charge in [0.2, 0.25) is 0 Å². The van der Waals surface area contributed by atoms with E-state index in [-0.39, 0.29) is 0 Å². The molecule has 1 aromatic carbocycles. The van der Waals surface area contributed by atoms with Crippen molar-refractivity contribution in [1.29, 1.82) is 0 Å². The molecule has 1 unspecified atom stereocenters. The molecule has 0 bridgehead atoms. The molecule has 0 amide bonds. The van der Waals surface area contributed by atoms with E-state index in [1.54, 1.807) is 0 Å². The zero-order chi connectivity index (χ0) is 14.7. The molecule has 0 radical (unpaired) electrons. The molecule has 20 heavy (non-hydrogen) atoms. The minimum Gasteiger partial charge on any atom is -0.329 e. The van der Waals surface area contributed by atoms with Crippen LogP contribution in [-0.2, 0) is 0 Å². The Labute approximate surface area is 123 Å². The van der Waals surface area contributed by atoms with Gasteiger partial charge in [0.1, 0.15) is 0 Å². The third-order valence-corrected chi connectivity index (χ3v) is 4.76. The molecule has 1 aromatic rings. The van der Waals surface area contributed by atoms with Gasteiger partial charge in [-0.1, -0.05) is 19.1 Å². The summed E-state index contributed by atoms with van der Waals surface area (Å²) in [7, 11) is 0. The molecular formula is C17H29N3. The third kappa shape index (κ3) is 3.22. The lowest BCUT2D eigenvalue weighted by Gasteiger charge is -2.39. The second kappa shape index (κ2) is 6.70. The van der Waals surface area contributed by atoms with Gasteiger partial charge in [-0.3, -0.25) is 4.90 Å². The summed E-state index contributed by atoms with van der Waals surface area (Å²) >= 11 is 0. The summed E-state index contributed by atoms with van der Waals surface area (Å²) in [6.07, 6.45) is 0. The van der Waals surface area contributed by atoms with Crippen molar-refractivity contribution in [3.63, 3.8) is 0 Å². The van der Waals surface area contributed by atoms with Crippen molar-refractivity contribution in [1.82, 2.24) is 9.80 Å². The van der Waals surface area contributed by atoms with Crippen LogP contribution in [0.15, 0.2) is 12.1 Å². The number of hydrogen-bond acceptors (Lipinski definition) is 3. The summed E-state index contributed by atoms with van der Waals surface area (Å²) in [6.45, 7) is 15.3. The molecule has 0 aliphatic carbocycles. The Bertz CT molecular complexity index is 448. The number of aryl methyl sites for hydroxylation is 3. The molecule has 1 aliphatic heterocycles. The fourth-order valence-corrected chi connectivity index (χ4v) is 3.21. The molecule has 3 heteroatoms. The van der Waals surface area contributed by atoms with Gasteiger partial charge in [0.05, 0.1) is 0 Å². The zero-order valence-electron chi connectivity index (χ0n) is 13.4. The van der Waals surface area contributed by atoms with Crippen LogP contribution in [0.25, 0.3) is 0 Å². The quantitative estimate of drug-likeness (QED) is 0.915. The van der Waals surface area contributed by atoms with Crippen molar-refractivity contribution in [2.75, 3.05) is 39.3 Å². The first-order valence-corrected chi connectivity index (χ1v) is 7.81. The van der Waals surface area contributed by atoms with Crippen molar-refractivity contribution in [2.24, 2.45) is 5.73 Å². The van der Waals surface area contributed by atoms with Gasteiger partial charge < -0.3 is 10.6 Å². The minimum absolute atomic E-state index is 0.369. The van der Waals surface area contributed by atoms with Gasteiger partial charge in [0, 0.05) is 38.8 Å². The van der Waals surface area contributed by atoms with Crippen molar-refractivity contribution in [3.8, 4) is 0 Å². The Hall–Kier alpha value is -0.900. The molecule has 2 rings (SSSR count). The van der Waals surface area contributed by atoms with Crippen LogP contribution in [0.1, 0.15) is 35.2 Å². The van der Waals surface area contributed by atoms with Gasteiger partial charge in [-0.25, -0.2) is 0 Å². The monoisotopic (exact) mass is 275 g/mol. The maximum Gasteiger partial charge on any atom is 0.0474 e. The predicted molar refractivity (Wildman–Crippen MR) is 86.1 cm³/mol. The molecular weight excluding hydrogens is 246 g/mol. The molecule has 1 fully saturated rings. The number of hydrogen-bond donors (Lipinski definition) is 1. The maximum atomic E-state index is 6.10. The molecule has 0 spiro atoms. The normalized spacial score (nSPS) is 19.2. The van der Waals surface area contributed by atoms with E-state index in [2.05, 4.69) is 49.6 Å². The van der Waals surface area contributed by atoms with Gasteiger partial charge in [-0.15, -0.1) is 0 Å². The Morgan fingerprint density at radius 3 is 2.15 bits per heavy atom. The number of likely N-dealkylation sites (N-methyl/N-ethyl adjacent to an activating group) is 1. The average Bonchev–Trinajstić information content (AvgIpc) is 2.46. The summed E-state index contributed by atoms with van der Waals surface area (Å²) in [5, 5.41) is 0. The van der Waals surface area contributed by atoms with E-state index in [4.69, 9.17) is 5.73 Å². The highest BCUT2D eigenvalue weighted by Crippen LogP contribution is 2.26. The highest BCUT2D eigenvalue weighted by Gasteiger charge is 2.24. The van der Waals surface area contributed by atoms with E-state index < -0.39 is 0 Å². The smallest absolute Gasteiger partial charge is 0.0474 e. The lowest BCUT2D eigenvalue weighted by molar-refractivity contribution is 0.102. The van der Waals surface area contributed by atoms with Crippen LogP contribution < -0.4 is 5.73 Å². The van der Waals surface area contributed by atoms with Crippen LogP contribution in [0.4, 0.5) is 0 Å². The van der Waals surface area contributed by atoms with E-state index in [1.807, 2.05) is 0 Å². The van der Waals surface area contributed by atoms with Gasteiger partial charge >= 0.3 is 0 Å². The molecule has 1 atom stereocenters. The highest BCUT2D eigenvalue weighted by atomic mass is 15.3. The van der Waals surface area contributed by atoms with Crippen LogP contribution in [0, 0.1) is 20.8 Å². The standard InChI is InChI=1S/C17H29N3/c1-5-19-6-8-20(9-7-19)17(12-18)16-11-14(3)13(2)10-15(16)4/h10-11,17H,5-9,12,18H2,1-4H3. The van der Waals surface area contributed by atoms with Crippen molar-refractivity contribution in [3.05, 3.63) is 34.4 Å². The molecule has 2 N–H and O–H groups in total. The maximum absolute atomic E-state index is 6.10. The molecule has 1 saturated heterocycles. The SMILES string of the molecule is CCN1CCN(C(CN)c2cc(C)c(C)cc2C)CC1. The first kappa shape index (κ1) is 15.5. The molecule has 0 aromatic heterocycles. The number of benzene rings is 1. The Balaban J connectivity index is 2.18.